The second-order valence-electron chi connectivity index (χ2n) is 8.39. The molecule has 1 heterocycles. The molecule has 0 radical (unpaired) electrons. The molecule has 176 valence electrons. The van der Waals surface area contributed by atoms with E-state index in [1.54, 1.807) is 36.4 Å². The molecular weight excluding hydrogens is 514 g/mol. The van der Waals surface area contributed by atoms with Crippen molar-refractivity contribution in [3.8, 4) is 11.3 Å². The first-order valence-electron chi connectivity index (χ1n) is 11.4. The van der Waals surface area contributed by atoms with Crippen molar-refractivity contribution in [3.05, 3.63) is 124 Å². The van der Waals surface area contributed by atoms with Crippen LogP contribution in [0.4, 0.5) is 11.4 Å². The van der Waals surface area contributed by atoms with E-state index in [1.165, 1.54) is 0 Å². The van der Waals surface area contributed by atoms with Crippen molar-refractivity contribution in [1.82, 2.24) is 4.98 Å². The SMILES string of the molecule is Cc1cccc2c(C(=O)Nc3cccc(NC(=O)c4ccccc4)c3)cc(-c3ccc(Br)cc3)nc12. The predicted molar refractivity (Wildman–Crippen MR) is 148 cm³/mol. The average molecular weight is 536 g/mol. The number of carbonyl (C=O) groups excluding carboxylic acids is 2. The second-order valence-corrected chi connectivity index (χ2v) is 9.30. The van der Waals surface area contributed by atoms with Gasteiger partial charge in [0.2, 0.25) is 0 Å². The van der Waals surface area contributed by atoms with E-state index in [9.17, 15) is 9.59 Å². The molecule has 1 aromatic heterocycles. The number of hydrogen-bond acceptors (Lipinski definition) is 3. The zero-order valence-corrected chi connectivity index (χ0v) is 21.0. The first-order valence-corrected chi connectivity index (χ1v) is 12.2. The number of benzene rings is 4. The first kappa shape index (κ1) is 23.5. The van der Waals surface area contributed by atoms with Crippen LogP contribution < -0.4 is 10.6 Å². The molecule has 0 atom stereocenters. The van der Waals surface area contributed by atoms with Gasteiger partial charge in [0.05, 0.1) is 16.8 Å². The second kappa shape index (κ2) is 10.1. The van der Waals surface area contributed by atoms with E-state index in [4.69, 9.17) is 4.98 Å². The van der Waals surface area contributed by atoms with Crippen LogP contribution in [0, 0.1) is 6.92 Å². The lowest BCUT2D eigenvalue weighted by Gasteiger charge is -2.13. The van der Waals surface area contributed by atoms with Gasteiger partial charge in [-0.25, -0.2) is 4.98 Å². The number of rotatable bonds is 5. The first-order chi connectivity index (χ1) is 17.5. The molecule has 0 aliphatic rings. The fourth-order valence-electron chi connectivity index (χ4n) is 4.01. The lowest BCUT2D eigenvalue weighted by Crippen LogP contribution is -2.14. The van der Waals surface area contributed by atoms with E-state index < -0.39 is 0 Å². The van der Waals surface area contributed by atoms with Crippen LogP contribution in [0.15, 0.2) is 108 Å². The molecule has 2 N–H and O–H groups in total. The number of nitrogens with one attached hydrogen (secondary N) is 2. The quantitative estimate of drug-likeness (QED) is 0.245. The minimum absolute atomic E-state index is 0.214. The Morgan fingerprint density at radius 3 is 2.11 bits per heavy atom. The molecule has 0 unspecified atom stereocenters. The number of pyridine rings is 1. The number of aryl methyl sites for hydroxylation is 1. The van der Waals surface area contributed by atoms with Crippen LogP contribution in [0.1, 0.15) is 26.3 Å². The predicted octanol–water partition coefficient (Wildman–Crippen LogP) is 7.48. The molecular formula is C30H22BrN3O2. The molecule has 4 aromatic carbocycles. The van der Waals surface area contributed by atoms with Gasteiger partial charge >= 0.3 is 0 Å². The molecule has 0 saturated carbocycles. The molecule has 0 bridgehead atoms. The molecule has 36 heavy (non-hydrogen) atoms. The summed E-state index contributed by atoms with van der Waals surface area (Å²) < 4.78 is 0.973. The number of fused-ring (bicyclic) bond motifs is 1. The Morgan fingerprint density at radius 2 is 1.39 bits per heavy atom. The van der Waals surface area contributed by atoms with E-state index >= 15 is 0 Å². The molecule has 0 aliphatic heterocycles. The smallest absolute Gasteiger partial charge is 0.256 e. The number of aromatic nitrogens is 1. The maximum absolute atomic E-state index is 13.5. The monoisotopic (exact) mass is 535 g/mol. The van der Waals surface area contributed by atoms with Gasteiger partial charge in [-0.05, 0) is 61.0 Å². The summed E-state index contributed by atoms with van der Waals surface area (Å²) in [5.41, 5.74) is 5.67. The van der Waals surface area contributed by atoms with Crippen LogP contribution in [0.5, 0.6) is 0 Å². The van der Waals surface area contributed by atoms with Crippen LogP contribution in [0.25, 0.3) is 22.2 Å². The molecule has 0 aliphatic carbocycles. The number of amides is 2. The molecule has 0 saturated heterocycles. The number of hydrogen-bond donors (Lipinski definition) is 2. The fraction of sp³-hybridized carbons (Fsp3) is 0.0333. The van der Waals surface area contributed by atoms with Gasteiger partial charge in [0.15, 0.2) is 0 Å². The maximum atomic E-state index is 13.5. The Hall–Kier alpha value is -4.29. The Balaban J connectivity index is 1.46. The highest BCUT2D eigenvalue weighted by atomic mass is 79.9. The van der Waals surface area contributed by atoms with E-state index in [-0.39, 0.29) is 11.8 Å². The summed E-state index contributed by atoms with van der Waals surface area (Å²) in [5, 5.41) is 6.64. The Kier molecular flexibility index (Phi) is 6.60. The largest absolute Gasteiger partial charge is 0.322 e. The van der Waals surface area contributed by atoms with Crippen LogP contribution in [-0.2, 0) is 0 Å². The van der Waals surface area contributed by atoms with Crippen LogP contribution in [0.3, 0.4) is 0 Å². The third-order valence-electron chi connectivity index (χ3n) is 5.84. The van der Waals surface area contributed by atoms with Gasteiger partial charge in [-0.1, -0.05) is 70.5 Å². The Labute approximate surface area is 217 Å². The van der Waals surface area contributed by atoms with Gasteiger partial charge in [0.25, 0.3) is 11.8 Å². The van der Waals surface area contributed by atoms with Gasteiger partial charge in [-0.2, -0.15) is 0 Å². The maximum Gasteiger partial charge on any atom is 0.256 e. The lowest BCUT2D eigenvalue weighted by molar-refractivity contribution is 0.102. The number of carbonyl (C=O) groups is 2. The van der Waals surface area contributed by atoms with Crippen molar-refractivity contribution in [2.24, 2.45) is 0 Å². The van der Waals surface area contributed by atoms with Gasteiger partial charge in [0, 0.05) is 32.4 Å². The standard InChI is InChI=1S/C30H22BrN3O2/c1-19-7-5-12-25-26(18-27(34-28(19)25)20-13-15-22(31)16-14-20)30(36)33-24-11-6-10-23(17-24)32-29(35)21-8-3-2-4-9-21/h2-18H,1H3,(H,32,35)(H,33,36). The van der Waals surface area contributed by atoms with E-state index in [2.05, 4.69) is 26.6 Å². The van der Waals surface area contributed by atoms with E-state index in [0.29, 0.717) is 22.5 Å². The number of anilines is 2. The molecule has 0 fully saturated rings. The van der Waals surface area contributed by atoms with Crippen molar-refractivity contribution >= 4 is 50.0 Å². The van der Waals surface area contributed by atoms with Crippen LogP contribution >= 0.6 is 15.9 Å². The topological polar surface area (TPSA) is 71.1 Å². The van der Waals surface area contributed by atoms with E-state index in [1.807, 2.05) is 73.7 Å². The zero-order valence-electron chi connectivity index (χ0n) is 19.5. The zero-order chi connectivity index (χ0) is 25.1. The average Bonchev–Trinajstić information content (AvgIpc) is 2.89. The van der Waals surface area contributed by atoms with Crippen molar-refractivity contribution in [2.75, 3.05) is 10.6 Å². The number of para-hydroxylation sites is 1. The summed E-state index contributed by atoms with van der Waals surface area (Å²) >= 11 is 3.47. The van der Waals surface area contributed by atoms with Crippen LogP contribution in [0.2, 0.25) is 0 Å². The Bertz CT molecular complexity index is 1580. The highest BCUT2D eigenvalue weighted by molar-refractivity contribution is 9.10. The van der Waals surface area contributed by atoms with Crippen molar-refractivity contribution in [1.29, 1.82) is 0 Å². The summed E-state index contributed by atoms with van der Waals surface area (Å²) in [4.78, 5) is 30.9. The highest BCUT2D eigenvalue weighted by Gasteiger charge is 2.16. The van der Waals surface area contributed by atoms with Crippen molar-refractivity contribution < 1.29 is 9.59 Å². The van der Waals surface area contributed by atoms with Gasteiger partial charge in [-0.3, -0.25) is 9.59 Å². The Morgan fingerprint density at radius 1 is 0.722 bits per heavy atom. The lowest BCUT2D eigenvalue weighted by atomic mass is 10.0. The minimum Gasteiger partial charge on any atom is -0.322 e. The molecule has 2 amide bonds. The summed E-state index contributed by atoms with van der Waals surface area (Å²) in [5.74, 6) is -0.466. The fourth-order valence-corrected chi connectivity index (χ4v) is 4.28. The number of halogens is 1. The molecule has 6 heteroatoms. The van der Waals surface area contributed by atoms with Crippen LogP contribution in [-0.4, -0.2) is 16.8 Å². The normalized spacial score (nSPS) is 10.7. The van der Waals surface area contributed by atoms with Crippen molar-refractivity contribution in [2.45, 2.75) is 6.92 Å². The third kappa shape index (κ3) is 5.04. The van der Waals surface area contributed by atoms with Gasteiger partial charge < -0.3 is 10.6 Å². The summed E-state index contributed by atoms with van der Waals surface area (Å²) in [6.45, 7) is 1.99. The highest BCUT2D eigenvalue weighted by Crippen LogP contribution is 2.28. The summed E-state index contributed by atoms with van der Waals surface area (Å²) in [7, 11) is 0. The van der Waals surface area contributed by atoms with Gasteiger partial charge in [-0.15, -0.1) is 0 Å². The van der Waals surface area contributed by atoms with E-state index in [0.717, 1.165) is 32.2 Å². The van der Waals surface area contributed by atoms with Crippen molar-refractivity contribution in [3.63, 3.8) is 0 Å². The molecule has 5 rings (SSSR count). The molecule has 0 spiro atoms. The number of nitrogens with zero attached hydrogens (tertiary/aromatic N) is 1. The minimum atomic E-state index is -0.252. The summed E-state index contributed by atoms with van der Waals surface area (Å²) in [6, 6.07) is 31.6. The molecule has 5 aromatic rings. The molecule has 5 nitrogen and oxygen atoms in total. The van der Waals surface area contributed by atoms with Gasteiger partial charge in [0.1, 0.15) is 0 Å². The third-order valence-corrected chi connectivity index (χ3v) is 6.37. The summed E-state index contributed by atoms with van der Waals surface area (Å²) in [6.07, 6.45) is 0.